The van der Waals surface area contributed by atoms with Crippen LogP contribution in [0.4, 0.5) is 0 Å². The number of aromatic nitrogens is 3. The Morgan fingerprint density at radius 3 is 1.46 bits per heavy atom. The molecule has 0 aliphatic heterocycles. The molecule has 16 heteroatoms. The van der Waals surface area contributed by atoms with Crippen LogP contribution in [-0.2, 0) is 18.9 Å². The number of rotatable bonds is 13. The smallest absolute Gasteiger partial charge is 0.217 e. The summed E-state index contributed by atoms with van der Waals surface area (Å²) in [5.41, 5.74) is 1.38. The molecule has 0 fully saturated rings. The third-order valence-electron chi connectivity index (χ3n) is 6.30. The predicted molar refractivity (Wildman–Crippen MR) is 211 cm³/mol. The molecule has 11 nitrogen and oxygen atoms in total. The van der Waals surface area contributed by atoms with Crippen LogP contribution in [0, 0.1) is 0 Å². The van der Waals surface area contributed by atoms with Crippen LogP contribution in [0.15, 0.2) is 111 Å². The molecule has 6 heterocycles. The number of ether oxygens (including phenoxy) is 4. The Morgan fingerprint density at radius 1 is 0.593 bits per heavy atom. The van der Waals surface area contributed by atoms with Crippen LogP contribution < -0.4 is 0 Å². The molecule has 6 aromatic heterocycles. The highest BCUT2D eigenvalue weighted by molar-refractivity contribution is 6.32. The number of hydrogen-bond donors (Lipinski definition) is 0. The Bertz CT molecular complexity index is 1820. The van der Waals surface area contributed by atoms with Crippen LogP contribution in [0.25, 0.3) is 22.9 Å². The second-order valence-corrected chi connectivity index (χ2v) is 11.7. The molecule has 0 unspecified atom stereocenters. The first kappa shape index (κ1) is 46.4. The first-order valence-electron chi connectivity index (χ1n) is 16.4. The van der Waals surface area contributed by atoms with Crippen molar-refractivity contribution in [3.8, 4) is 22.9 Å². The number of carbonyl (C=O) groups excluding carboxylic acids is 1. The molecule has 6 rings (SSSR count). The summed E-state index contributed by atoms with van der Waals surface area (Å²) in [6.07, 6.45) is 6.05. The van der Waals surface area contributed by atoms with Crippen molar-refractivity contribution in [3.63, 3.8) is 0 Å². The topological polar surface area (TPSA) is 132 Å². The summed E-state index contributed by atoms with van der Waals surface area (Å²) >= 11 is 22.4. The molecule has 0 saturated carbocycles. The lowest BCUT2D eigenvalue weighted by atomic mass is 10.3. The zero-order valence-electron chi connectivity index (χ0n) is 29.8. The minimum absolute atomic E-state index is 0. The first-order valence-corrected chi connectivity index (χ1v) is 17.9. The lowest BCUT2D eigenvalue weighted by molar-refractivity contribution is -0.150. The molecule has 0 spiro atoms. The fourth-order valence-electron chi connectivity index (χ4n) is 4.03. The lowest BCUT2D eigenvalue weighted by Crippen LogP contribution is -2.07. The number of aldehydes is 1. The van der Waals surface area contributed by atoms with E-state index in [0.29, 0.717) is 75.9 Å². The van der Waals surface area contributed by atoms with Crippen molar-refractivity contribution in [3.05, 3.63) is 135 Å². The van der Waals surface area contributed by atoms with E-state index >= 15 is 0 Å². The van der Waals surface area contributed by atoms with Gasteiger partial charge in [-0.1, -0.05) is 46.4 Å². The number of pyridine rings is 3. The van der Waals surface area contributed by atoms with Gasteiger partial charge in [-0.05, 0) is 100 Å². The van der Waals surface area contributed by atoms with E-state index in [1.165, 1.54) is 12.4 Å². The third-order valence-corrected chi connectivity index (χ3v) is 7.19. The van der Waals surface area contributed by atoms with E-state index in [1.807, 2.05) is 52.0 Å². The first-order chi connectivity index (χ1) is 25.7. The normalized spacial score (nSPS) is 10.3. The highest BCUT2D eigenvalue weighted by Gasteiger charge is 2.17. The van der Waals surface area contributed by atoms with Gasteiger partial charge in [0.1, 0.15) is 16.5 Å². The molecule has 54 heavy (non-hydrogen) atoms. The van der Waals surface area contributed by atoms with Crippen molar-refractivity contribution in [2.45, 2.75) is 40.3 Å². The summed E-state index contributed by atoms with van der Waals surface area (Å²) in [4.78, 5) is 22.3. The van der Waals surface area contributed by atoms with Crippen LogP contribution in [-0.4, -0.2) is 47.7 Å². The molecule has 0 aliphatic carbocycles. The molecular weight excluding hydrogens is 804 g/mol. The van der Waals surface area contributed by atoms with Crippen LogP contribution >= 0.6 is 58.8 Å². The van der Waals surface area contributed by atoms with Gasteiger partial charge >= 0.3 is 0 Å². The minimum atomic E-state index is -0.476. The summed E-state index contributed by atoms with van der Waals surface area (Å²) in [6, 6.07) is 21.0. The van der Waals surface area contributed by atoms with Gasteiger partial charge in [-0.3, -0.25) is 14.8 Å². The van der Waals surface area contributed by atoms with Crippen LogP contribution in [0.3, 0.4) is 0 Å². The van der Waals surface area contributed by atoms with Crippen molar-refractivity contribution in [1.82, 2.24) is 15.0 Å². The summed E-state index contributed by atoms with van der Waals surface area (Å²) in [6.45, 7) is 10.0. The van der Waals surface area contributed by atoms with Gasteiger partial charge in [-0.25, -0.2) is 4.98 Å². The van der Waals surface area contributed by atoms with Gasteiger partial charge in [0.2, 0.25) is 12.6 Å². The Balaban J connectivity index is 0.000000258. The monoisotopic (exact) mass is 841 g/mol. The van der Waals surface area contributed by atoms with Crippen molar-refractivity contribution in [1.29, 1.82) is 0 Å². The summed E-state index contributed by atoms with van der Waals surface area (Å²) < 4.78 is 37.6. The number of halogens is 5. The largest absolute Gasteiger partial charge is 0.464 e. The van der Waals surface area contributed by atoms with Gasteiger partial charge in [0, 0.05) is 45.0 Å². The van der Waals surface area contributed by atoms with E-state index in [2.05, 4.69) is 15.0 Å². The molecule has 0 atom stereocenters. The quantitative estimate of drug-likeness (QED) is 0.0625. The highest BCUT2D eigenvalue weighted by Crippen LogP contribution is 2.27. The van der Waals surface area contributed by atoms with Gasteiger partial charge in [-0.2, -0.15) is 0 Å². The summed E-state index contributed by atoms with van der Waals surface area (Å²) in [5.74, 6) is 2.87. The molecule has 6 aromatic rings. The molecule has 290 valence electrons. The van der Waals surface area contributed by atoms with Gasteiger partial charge in [0.05, 0.1) is 21.3 Å². The standard InChI is InChI=1S/C14H16ClNO3.C10H6ClNO2.C9H14O3.C5H3Cl2N.ClH/c1-3-17-14(18-4-2)13-8-7-12(19-13)11-6-5-10(15)9-16-11;11-7-1-3-9(12-5-7)10-4-2-8(6-13)14-10;1-3-10-9(11-4-2)8-6-5-7-12-8;6-4-1-2-5(7)8-3-4;/h5-9,14H,3-4H2,1-2H3;1-6H;5-7,9H,3-4H2,1-2H3;1-3H;1H. The number of hydrogen-bond acceptors (Lipinski definition) is 11. The maximum absolute atomic E-state index is 10.4. The summed E-state index contributed by atoms with van der Waals surface area (Å²) in [7, 11) is 0. The van der Waals surface area contributed by atoms with Gasteiger partial charge in [-0.15, -0.1) is 12.4 Å². The Labute approximate surface area is 340 Å². The highest BCUT2D eigenvalue weighted by atomic mass is 35.5. The predicted octanol–water partition coefficient (Wildman–Crippen LogP) is 12.0. The molecule has 0 saturated heterocycles. The average molecular weight is 844 g/mol. The minimum Gasteiger partial charge on any atom is -0.464 e. The van der Waals surface area contributed by atoms with E-state index in [0.717, 1.165) is 11.5 Å². The zero-order chi connectivity index (χ0) is 38.4. The van der Waals surface area contributed by atoms with E-state index in [9.17, 15) is 4.79 Å². The van der Waals surface area contributed by atoms with Crippen LogP contribution in [0.1, 0.15) is 62.4 Å². The average Bonchev–Trinajstić information content (AvgIpc) is 3.98. The lowest BCUT2D eigenvalue weighted by Gasteiger charge is -2.13. The van der Waals surface area contributed by atoms with E-state index < -0.39 is 6.29 Å². The van der Waals surface area contributed by atoms with Crippen molar-refractivity contribution < 1.29 is 37.0 Å². The van der Waals surface area contributed by atoms with E-state index in [1.54, 1.807) is 61.0 Å². The molecule has 0 amide bonds. The summed E-state index contributed by atoms with van der Waals surface area (Å²) in [5, 5.41) is 2.23. The molecule has 0 N–H and O–H groups in total. The fraction of sp³-hybridized carbons (Fsp3) is 0.263. The fourth-order valence-corrected chi connectivity index (χ4v) is 4.47. The van der Waals surface area contributed by atoms with E-state index in [4.69, 9.17) is 78.6 Å². The SMILES string of the molecule is CCOC(OCC)c1ccc(-c2ccc(Cl)cn2)o1.CCOC(OCC)c1ccco1.Cl.Clc1ccc(Cl)nc1.O=Cc1ccc(-c2ccc(Cl)cn2)o1. The Kier molecular flexibility index (Phi) is 22.4. The van der Waals surface area contributed by atoms with Crippen molar-refractivity contribution in [2.75, 3.05) is 26.4 Å². The van der Waals surface area contributed by atoms with Gasteiger partial charge < -0.3 is 32.2 Å². The van der Waals surface area contributed by atoms with Crippen molar-refractivity contribution in [2.24, 2.45) is 0 Å². The maximum atomic E-state index is 10.4. The molecular formula is C38H40Cl5N3O8. The Hall–Kier alpha value is -3.75. The number of nitrogens with zero attached hydrogens (tertiary/aromatic N) is 3. The van der Waals surface area contributed by atoms with Gasteiger partial charge in [0.15, 0.2) is 35.1 Å². The molecule has 0 aromatic carbocycles. The maximum Gasteiger partial charge on any atom is 0.217 e. The van der Waals surface area contributed by atoms with Crippen molar-refractivity contribution >= 4 is 65.1 Å². The van der Waals surface area contributed by atoms with Crippen LogP contribution in [0.2, 0.25) is 20.2 Å². The van der Waals surface area contributed by atoms with E-state index in [-0.39, 0.29) is 24.5 Å². The number of furan rings is 3. The number of carbonyl (C=O) groups is 1. The molecule has 0 bridgehead atoms. The van der Waals surface area contributed by atoms with Crippen LogP contribution in [0.5, 0.6) is 0 Å². The third kappa shape index (κ3) is 16.3. The zero-order valence-corrected chi connectivity index (χ0v) is 33.7. The molecule has 0 aliphatic rings. The molecule has 0 radical (unpaired) electrons. The second kappa shape index (κ2) is 26.1. The second-order valence-electron chi connectivity index (χ2n) is 10.0. The van der Waals surface area contributed by atoms with Gasteiger partial charge in [0.25, 0.3) is 0 Å². The Morgan fingerprint density at radius 2 is 1.07 bits per heavy atom.